The number of hydrogen-bond acceptors (Lipinski definition) is 3. The molecular weight excluding hydrogens is 439 g/mol. The van der Waals surface area contributed by atoms with E-state index in [2.05, 4.69) is 0 Å². The molecule has 6 nitrogen and oxygen atoms in total. The maximum atomic E-state index is 13.8. The van der Waals surface area contributed by atoms with Gasteiger partial charge < -0.3 is 5.32 Å². The number of carbonyl (C=O) groups is 3. The minimum Gasteiger partial charge on any atom is -0.314 e. The predicted molar refractivity (Wildman–Crippen MR) is 90.1 cm³/mol. The Morgan fingerprint density at radius 3 is 2.13 bits per heavy atom. The third-order valence-electron chi connectivity index (χ3n) is 4.28. The summed E-state index contributed by atoms with van der Waals surface area (Å²) in [6, 6.07) is 4.16. The van der Waals surface area contributed by atoms with Crippen LogP contribution in [0.4, 0.5) is 41.2 Å². The smallest absolute Gasteiger partial charge is 0.314 e. The van der Waals surface area contributed by atoms with Gasteiger partial charge in [-0.3, -0.25) is 14.9 Å². The van der Waals surface area contributed by atoms with Crippen LogP contribution >= 0.6 is 0 Å². The van der Waals surface area contributed by atoms with Gasteiger partial charge in [0.2, 0.25) is 0 Å². The molecule has 1 fully saturated rings. The molecule has 164 valence electrons. The number of nitrogens with zero attached hydrogens (tertiary/aromatic N) is 1. The summed E-state index contributed by atoms with van der Waals surface area (Å²) in [5.74, 6) is -4.47. The van der Waals surface area contributed by atoms with Crippen molar-refractivity contribution in [3.8, 4) is 0 Å². The van der Waals surface area contributed by atoms with Crippen LogP contribution in [0.25, 0.3) is 0 Å². The van der Waals surface area contributed by atoms with Gasteiger partial charge in [-0.1, -0.05) is 6.07 Å². The molecule has 1 aliphatic rings. The van der Waals surface area contributed by atoms with E-state index in [0.29, 0.717) is 12.1 Å². The van der Waals surface area contributed by atoms with Crippen molar-refractivity contribution in [2.75, 3.05) is 4.90 Å². The van der Waals surface area contributed by atoms with Crippen molar-refractivity contribution in [1.29, 1.82) is 0 Å². The number of benzene rings is 2. The van der Waals surface area contributed by atoms with E-state index in [0.717, 1.165) is 36.4 Å². The Hall–Kier alpha value is -3.64. The molecular formula is C18H10F7N3O3. The van der Waals surface area contributed by atoms with Crippen LogP contribution < -0.4 is 15.5 Å². The largest absolute Gasteiger partial charge is 0.440 e. The molecule has 31 heavy (non-hydrogen) atoms. The predicted octanol–water partition coefficient (Wildman–Crippen LogP) is 3.59. The molecule has 13 heteroatoms. The van der Waals surface area contributed by atoms with Crippen LogP contribution in [0.5, 0.6) is 0 Å². The van der Waals surface area contributed by atoms with Crippen molar-refractivity contribution in [2.45, 2.75) is 18.0 Å². The Morgan fingerprint density at radius 1 is 0.968 bits per heavy atom. The Kier molecular flexibility index (Phi) is 5.16. The average molecular weight is 449 g/mol. The lowest BCUT2D eigenvalue weighted by atomic mass is 10.1. The van der Waals surface area contributed by atoms with Crippen molar-refractivity contribution in [3.05, 3.63) is 65.5 Å². The molecule has 0 aromatic heterocycles. The highest BCUT2D eigenvalue weighted by Crippen LogP contribution is 2.36. The zero-order valence-electron chi connectivity index (χ0n) is 14.9. The Labute approximate surface area is 168 Å². The summed E-state index contributed by atoms with van der Waals surface area (Å²) in [6.07, 6.45) is -10.5. The van der Waals surface area contributed by atoms with Gasteiger partial charge in [0.05, 0.1) is 11.3 Å². The van der Waals surface area contributed by atoms with Gasteiger partial charge in [-0.25, -0.2) is 14.1 Å². The average Bonchev–Trinajstić information content (AvgIpc) is 2.92. The van der Waals surface area contributed by atoms with E-state index >= 15 is 0 Å². The van der Waals surface area contributed by atoms with Crippen molar-refractivity contribution in [3.63, 3.8) is 0 Å². The fourth-order valence-electron chi connectivity index (χ4n) is 2.78. The zero-order chi connectivity index (χ0) is 23.2. The van der Waals surface area contributed by atoms with E-state index in [4.69, 9.17) is 0 Å². The normalized spacial score (nSPS) is 19.4. The van der Waals surface area contributed by atoms with E-state index in [1.54, 1.807) is 0 Å². The first-order chi connectivity index (χ1) is 14.3. The van der Waals surface area contributed by atoms with Gasteiger partial charge in [-0.2, -0.15) is 26.3 Å². The van der Waals surface area contributed by atoms with Gasteiger partial charge in [0, 0.05) is 5.56 Å². The maximum absolute atomic E-state index is 13.8. The molecule has 1 atom stereocenters. The van der Waals surface area contributed by atoms with Gasteiger partial charge in [-0.05, 0) is 42.5 Å². The lowest BCUT2D eigenvalue weighted by Gasteiger charge is -2.30. The van der Waals surface area contributed by atoms with E-state index in [1.165, 1.54) is 10.6 Å². The number of carbonyl (C=O) groups excluding carboxylic acids is 3. The molecule has 2 N–H and O–H groups in total. The van der Waals surface area contributed by atoms with E-state index in [9.17, 15) is 45.1 Å². The quantitative estimate of drug-likeness (QED) is 0.556. The lowest BCUT2D eigenvalue weighted by molar-refractivity contribution is -0.197. The number of imide groups is 1. The molecule has 0 aliphatic carbocycles. The van der Waals surface area contributed by atoms with Crippen molar-refractivity contribution in [2.24, 2.45) is 0 Å². The maximum Gasteiger partial charge on any atom is 0.440 e. The zero-order valence-corrected chi connectivity index (χ0v) is 14.9. The monoisotopic (exact) mass is 449 g/mol. The Morgan fingerprint density at radius 2 is 1.58 bits per heavy atom. The van der Waals surface area contributed by atoms with Gasteiger partial charge in [-0.15, -0.1) is 0 Å². The highest BCUT2D eigenvalue weighted by molar-refractivity contribution is 6.24. The topological polar surface area (TPSA) is 78.5 Å². The van der Waals surface area contributed by atoms with Crippen LogP contribution in [-0.4, -0.2) is 29.7 Å². The van der Waals surface area contributed by atoms with E-state index in [-0.39, 0.29) is 4.90 Å². The molecule has 0 spiro atoms. The highest BCUT2D eigenvalue weighted by Gasteiger charge is 2.69. The summed E-state index contributed by atoms with van der Waals surface area (Å²) in [7, 11) is 0. The second-order valence-corrected chi connectivity index (χ2v) is 6.33. The molecule has 4 amide bonds. The third kappa shape index (κ3) is 3.90. The minimum atomic E-state index is -5.58. The number of rotatable bonds is 3. The summed E-state index contributed by atoms with van der Waals surface area (Å²) in [4.78, 5) is 37.1. The van der Waals surface area contributed by atoms with Crippen LogP contribution in [0.2, 0.25) is 0 Å². The molecule has 0 radical (unpaired) electrons. The number of nitrogens with one attached hydrogen (secondary N) is 2. The molecule has 2 aromatic carbocycles. The van der Waals surface area contributed by atoms with Crippen LogP contribution in [0.3, 0.4) is 0 Å². The summed E-state index contributed by atoms with van der Waals surface area (Å²) in [5.41, 5.74) is -6.52. The first-order valence-electron chi connectivity index (χ1n) is 8.25. The standard InChI is InChI=1S/C18H10F7N3O3/c19-11-4-6-12(7-5-11)28-14(30)16(18(23,24)25,27-15(28)31)26-13(29)9-2-1-3-10(8-9)17(20,21)22/h1-8H,(H,26,29)(H,27,31). The van der Waals surface area contributed by atoms with Gasteiger partial charge in [0.1, 0.15) is 5.82 Å². The van der Waals surface area contributed by atoms with Crippen LogP contribution in [0.15, 0.2) is 48.5 Å². The van der Waals surface area contributed by atoms with Crippen molar-refractivity contribution < 1.29 is 45.1 Å². The third-order valence-corrected chi connectivity index (χ3v) is 4.28. The summed E-state index contributed by atoms with van der Waals surface area (Å²) in [6.45, 7) is 0. The lowest BCUT2D eigenvalue weighted by Crippen LogP contribution is -2.69. The molecule has 0 bridgehead atoms. The number of anilines is 1. The summed E-state index contributed by atoms with van der Waals surface area (Å²) in [5, 5.41) is 2.62. The Balaban J connectivity index is 1.99. The van der Waals surface area contributed by atoms with Gasteiger partial charge >= 0.3 is 18.4 Å². The first kappa shape index (κ1) is 22.1. The molecule has 1 saturated heterocycles. The fraction of sp³-hybridized carbons (Fsp3) is 0.167. The Bertz CT molecular complexity index is 1050. The van der Waals surface area contributed by atoms with Crippen LogP contribution in [-0.2, 0) is 11.0 Å². The first-order valence-corrected chi connectivity index (χ1v) is 8.25. The van der Waals surface area contributed by atoms with Crippen molar-refractivity contribution >= 4 is 23.5 Å². The number of halogens is 7. The molecule has 1 aliphatic heterocycles. The van der Waals surface area contributed by atoms with E-state index < -0.39 is 58.5 Å². The number of hydrogen-bond donors (Lipinski definition) is 2. The van der Waals surface area contributed by atoms with Crippen LogP contribution in [0, 0.1) is 5.82 Å². The fourth-order valence-corrected chi connectivity index (χ4v) is 2.78. The second-order valence-electron chi connectivity index (χ2n) is 6.33. The summed E-state index contributed by atoms with van der Waals surface area (Å²) >= 11 is 0. The second kappa shape index (κ2) is 7.25. The SMILES string of the molecule is O=C(NC1(C(F)(F)F)NC(=O)N(c2ccc(F)cc2)C1=O)c1cccc(C(F)(F)F)c1. The van der Waals surface area contributed by atoms with Crippen molar-refractivity contribution in [1.82, 2.24) is 10.6 Å². The van der Waals surface area contributed by atoms with E-state index in [1.807, 2.05) is 0 Å². The van der Waals surface area contributed by atoms with Gasteiger partial charge in [0.15, 0.2) is 0 Å². The van der Waals surface area contributed by atoms with Gasteiger partial charge in [0.25, 0.3) is 17.5 Å². The summed E-state index contributed by atoms with van der Waals surface area (Å²) < 4.78 is 93.0. The molecule has 1 unspecified atom stereocenters. The molecule has 0 saturated carbocycles. The number of amides is 4. The molecule has 2 aromatic rings. The molecule has 3 rings (SSSR count). The minimum absolute atomic E-state index is 0.0271. The number of urea groups is 1. The molecule has 1 heterocycles. The highest BCUT2D eigenvalue weighted by atomic mass is 19.4. The number of alkyl halides is 6. The van der Waals surface area contributed by atoms with Crippen LogP contribution in [0.1, 0.15) is 15.9 Å².